The summed E-state index contributed by atoms with van der Waals surface area (Å²) in [4.78, 5) is 45.1. The van der Waals surface area contributed by atoms with Gasteiger partial charge in [0.2, 0.25) is 5.91 Å². The number of benzene rings is 2. The van der Waals surface area contributed by atoms with Gasteiger partial charge in [0.1, 0.15) is 17.1 Å². The van der Waals surface area contributed by atoms with Crippen LogP contribution in [0.2, 0.25) is 0 Å². The average Bonchev–Trinajstić information content (AvgIpc) is 3.53. The molecule has 3 aliphatic rings. The van der Waals surface area contributed by atoms with Crippen molar-refractivity contribution in [1.82, 2.24) is 9.88 Å². The van der Waals surface area contributed by atoms with Gasteiger partial charge in [-0.05, 0) is 55.3 Å². The van der Waals surface area contributed by atoms with E-state index in [1.807, 2.05) is 4.90 Å². The van der Waals surface area contributed by atoms with E-state index in [1.165, 1.54) is 36.5 Å². The summed E-state index contributed by atoms with van der Waals surface area (Å²) in [5.41, 5.74) is 0.445. The van der Waals surface area contributed by atoms with Crippen molar-refractivity contribution in [2.24, 2.45) is 5.92 Å². The molecule has 3 aromatic rings. The van der Waals surface area contributed by atoms with Crippen LogP contribution in [0.1, 0.15) is 40.4 Å². The largest absolute Gasteiger partial charge is 0.324 e. The molecule has 0 bridgehead atoms. The van der Waals surface area contributed by atoms with Gasteiger partial charge in [-0.15, -0.1) is 0 Å². The van der Waals surface area contributed by atoms with Crippen LogP contribution in [0.25, 0.3) is 0 Å². The van der Waals surface area contributed by atoms with Gasteiger partial charge in [-0.25, -0.2) is 4.39 Å². The Bertz CT molecular complexity index is 1360. The fourth-order valence-corrected chi connectivity index (χ4v) is 6.39. The van der Waals surface area contributed by atoms with Crippen molar-refractivity contribution in [2.45, 2.75) is 30.3 Å². The number of nitrogens with zero attached hydrogens (tertiary/aromatic N) is 3. The first-order valence-electron chi connectivity index (χ1n) is 11.5. The summed E-state index contributed by atoms with van der Waals surface area (Å²) < 4.78 is 14.5. The van der Waals surface area contributed by atoms with Crippen molar-refractivity contribution < 1.29 is 18.9 Å². The van der Waals surface area contributed by atoms with E-state index >= 15 is 0 Å². The van der Waals surface area contributed by atoms with E-state index in [2.05, 4.69) is 10.3 Å². The molecule has 9 heteroatoms. The lowest BCUT2D eigenvalue weighted by Crippen LogP contribution is -2.53. The van der Waals surface area contributed by atoms with Gasteiger partial charge in [0.15, 0.2) is 5.78 Å². The molecule has 35 heavy (non-hydrogen) atoms. The van der Waals surface area contributed by atoms with Crippen molar-refractivity contribution in [2.75, 3.05) is 11.9 Å². The van der Waals surface area contributed by atoms with Crippen LogP contribution in [0.5, 0.6) is 0 Å². The first-order valence-corrected chi connectivity index (χ1v) is 11.5. The molecule has 8 nitrogen and oxygen atoms in total. The van der Waals surface area contributed by atoms with E-state index in [0.717, 1.165) is 18.4 Å². The SMILES string of the molecule is O=C(c1ccccn1)[C@@H]1[C@H](c2ccc([N+](=O)[O-])cc2)[C@H]2CCCN2[C@]12C(=O)Nc1ccc(F)cc12. The van der Waals surface area contributed by atoms with Gasteiger partial charge in [-0.3, -0.25) is 29.6 Å². The van der Waals surface area contributed by atoms with Crippen LogP contribution in [0, 0.1) is 21.8 Å². The average molecular weight is 472 g/mol. The van der Waals surface area contributed by atoms with Gasteiger partial charge in [-0.1, -0.05) is 18.2 Å². The number of fused-ring (bicyclic) bond motifs is 4. The van der Waals surface area contributed by atoms with E-state index in [0.29, 0.717) is 17.8 Å². The fraction of sp³-hybridized carbons (Fsp3) is 0.269. The topological polar surface area (TPSA) is 105 Å². The minimum absolute atomic E-state index is 0.0524. The van der Waals surface area contributed by atoms with Crippen molar-refractivity contribution >= 4 is 23.1 Å². The number of nitro groups is 1. The summed E-state index contributed by atoms with van der Waals surface area (Å²) in [5, 5.41) is 14.1. The zero-order valence-corrected chi connectivity index (χ0v) is 18.6. The summed E-state index contributed by atoms with van der Waals surface area (Å²) in [6.07, 6.45) is 3.09. The zero-order chi connectivity index (χ0) is 24.3. The van der Waals surface area contributed by atoms with Gasteiger partial charge >= 0.3 is 0 Å². The van der Waals surface area contributed by atoms with Crippen molar-refractivity contribution in [3.8, 4) is 0 Å². The second-order valence-electron chi connectivity index (χ2n) is 9.24. The number of carbonyl (C=O) groups excluding carboxylic acids is 2. The number of pyridine rings is 1. The smallest absolute Gasteiger partial charge is 0.269 e. The third-order valence-electron chi connectivity index (χ3n) is 7.65. The van der Waals surface area contributed by atoms with Crippen LogP contribution in [0.3, 0.4) is 0 Å². The number of carbonyl (C=O) groups is 2. The Kier molecular flexibility index (Phi) is 4.79. The lowest BCUT2D eigenvalue weighted by Gasteiger charge is -2.36. The predicted octanol–water partition coefficient (Wildman–Crippen LogP) is 4.04. The van der Waals surface area contributed by atoms with Crippen molar-refractivity contribution in [1.29, 1.82) is 0 Å². The maximum Gasteiger partial charge on any atom is 0.269 e. The fourth-order valence-electron chi connectivity index (χ4n) is 6.39. The molecule has 6 rings (SSSR count). The van der Waals surface area contributed by atoms with Crippen molar-refractivity contribution in [3.05, 3.63) is 99.6 Å². The Balaban J connectivity index is 1.60. The molecule has 176 valence electrons. The molecule has 0 saturated carbocycles. The lowest BCUT2D eigenvalue weighted by atomic mass is 9.69. The number of hydrogen-bond acceptors (Lipinski definition) is 6. The normalized spacial score (nSPS) is 27.0. The maximum absolute atomic E-state index is 14.5. The Morgan fingerprint density at radius 2 is 1.97 bits per heavy atom. The maximum atomic E-state index is 14.5. The number of hydrogen-bond donors (Lipinski definition) is 1. The van der Waals surface area contributed by atoms with Crippen molar-refractivity contribution in [3.63, 3.8) is 0 Å². The second kappa shape index (κ2) is 7.78. The van der Waals surface area contributed by atoms with E-state index in [9.17, 15) is 24.1 Å². The Labute approximate surface area is 199 Å². The Morgan fingerprint density at radius 3 is 2.69 bits per heavy atom. The number of nitro benzene ring substituents is 1. The van der Waals surface area contributed by atoms with Gasteiger partial charge in [0.25, 0.3) is 5.69 Å². The summed E-state index contributed by atoms with van der Waals surface area (Å²) in [6.45, 7) is 0.573. The van der Waals surface area contributed by atoms with E-state index in [1.54, 1.807) is 30.3 Å². The van der Waals surface area contributed by atoms with Gasteiger partial charge < -0.3 is 5.32 Å². The minimum atomic E-state index is -1.40. The molecule has 2 aromatic carbocycles. The highest BCUT2D eigenvalue weighted by atomic mass is 19.1. The predicted molar refractivity (Wildman–Crippen MR) is 124 cm³/mol. The molecule has 1 spiro atoms. The molecule has 0 aliphatic carbocycles. The summed E-state index contributed by atoms with van der Waals surface area (Å²) in [6, 6.07) is 15.2. The quantitative estimate of drug-likeness (QED) is 0.349. The summed E-state index contributed by atoms with van der Waals surface area (Å²) in [7, 11) is 0. The van der Waals surface area contributed by atoms with Gasteiger partial charge in [-0.2, -0.15) is 0 Å². The molecule has 2 saturated heterocycles. The number of ketones is 1. The summed E-state index contributed by atoms with van der Waals surface area (Å²) in [5.74, 6) is -2.49. The lowest BCUT2D eigenvalue weighted by molar-refractivity contribution is -0.384. The number of halogens is 1. The van der Waals surface area contributed by atoms with Crippen LogP contribution >= 0.6 is 0 Å². The molecular weight excluding hydrogens is 451 g/mol. The molecule has 0 unspecified atom stereocenters. The number of Topliss-reactive ketones (excluding diaryl/α,β-unsaturated/α-hetero) is 1. The molecule has 1 N–H and O–H groups in total. The first kappa shape index (κ1) is 21.5. The first-order chi connectivity index (χ1) is 16.9. The Hall–Kier alpha value is -3.98. The third-order valence-corrected chi connectivity index (χ3v) is 7.65. The van der Waals surface area contributed by atoms with Crippen LogP contribution in [0.15, 0.2) is 66.9 Å². The molecule has 4 atom stereocenters. The van der Waals surface area contributed by atoms with Gasteiger partial charge in [0.05, 0.1) is 10.8 Å². The number of nitrogens with one attached hydrogen (secondary N) is 1. The highest BCUT2D eigenvalue weighted by molar-refractivity contribution is 6.12. The van der Waals surface area contributed by atoms with E-state index < -0.39 is 28.1 Å². The minimum Gasteiger partial charge on any atom is -0.324 e. The highest BCUT2D eigenvalue weighted by Crippen LogP contribution is 2.61. The van der Waals surface area contributed by atoms with Gasteiger partial charge in [0, 0.05) is 41.5 Å². The molecule has 1 amide bonds. The molecule has 3 aliphatic heterocycles. The number of amides is 1. The zero-order valence-electron chi connectivity index (χ0n) is 18.6. The highest BCUT2D eigenvalue weighted by Gasteiger charge is 2.69. The monoisotopic (exact) mass is 472 g/mol. The van der Waals surface area contributed by atoms with E-state index in [4.69, 9.17) is 0 Å². The second-order valence-corrected chi connectivity index (χ2v) is 9.24. The number of anilines is 1. The third kappa shape index (κ3) is 2.97. The van der Waals surface area contributed by atoms with Crippen LogP contribution < -0.4 is 5.32 Å². The van der Waals surface area contributed by atoms with Crippen LogP contribution in [0.4, 0.5) is 15.8 Å². The molecule has 4 heterocycles. The van der Waals surface area contributed by atoms with E-state index in [-0.39, 0.29) is 29.1 Å². The number of rotatable bonds is 4. The molecule has 2 fully saturated rings. The molecular formula is C26H21FN4O4. The number of non-ortho nitro benzene ring substituents is 1. The molecule has 0 radical (unpaired) electrons. The van der Waals surface area contributed by atoms with Crippen LogP contribution in [-0.2, 0) is 10.3 Å². The van der Waals surface area contributed by atoms with Crippen LogP contribution in [-0.4, -0.2) is 39.1 Å². The standard InChI is InChI=1S/C26H21FN4O4/c27-16-8-11-19-18(14-16)26(25(33)29-19)23(24(32)20-4-1-2-12-28-20)22(21-5-3-13-30(21)26)15-6-9-17(10-7-15)31(34)35/h1-2,4,6-12,14,21-23H,3,5,13H2,(H,29,33)/t21-,22-,23+,26+/m1/s1. The number of aromatic nitrogens is 1. The molecule has 1 aromatic heterocycles. The Morgan fingerprint density at radius 1 is 1.17 bits per heavy atom. The summed E-state index contributed by atoms with van der Waals surface area (Å²) >= 11 is 0.